The van der Waals surface area contributed by atoms with E-state index < -0.39 is 11.7 Å². The smallest absolute Gasteiger partial charge is 0.416 e. The van der Waals surface area contributed by atoms with E-state index in [1.165, 1.54) is 18.3 Å². The van der Waals surface area contributed by atoms with Crippen molar-refractivity contribution in [1.29, 1.82) is 0 Å². The Balaban J connectivity index is 2.11. The van der Waals surface area contributed by atoms with Crippen LogP contribution in [0.1, 0.15) is 11.1 Å². The van der Waals surface area contributed by atoms with E-state index in [2.05, 4.69) is 10.3 Å². The van der Waals surface area contributed by atoms with Gasteiger partial charge in [-0.3, -0.25) is 4.98 Å². The van der Waals surface area contributed by atoms with Gasteiger partial charge in [0.1, 0.15) is 5.75 Å². The van der Waals surface area contributed by atoms with Crippen LogP contribution >= 0.6 is 0 Å². The number of benzene rings is 2. The van der Waals surface area contributed by atoms with Gasteiger partial charge in [0.25, 0.3) is 0 Å². The first-order valence-electron chi connectivity index (χ1n) is 6.87. The van der Waals surface area contributed by atoms with Gasteiger partial charge in [0.2, 0.25) is 0 Å². The van der Waals surface area contributed by atoms with Crippen molar-refractivity contribution in [3.05, 3.63) is 59.8 Å². The van der Waals surface area contributed by atoms with Gasteiger partial charge in [-0.05, 0) is 42.8 Å². The van der Waals surface area contributed by atoms with Gasteiger partial charge in [-0.1, -0.05) is 6.07 Å². The zero-order valence-electron chi connectivity index (χ0n) is 12.1. The number of hydrogen-bond acceptors (Lipinski definition) is 3. The number of alkyl halides is 3. The Bertz CT molecular complexity index is 875. The maximum atomic E-state index is 12.9. The maximum absolute atomic E-state index is 12.9. The number of phenolic OH excluding ortho intramolecular Hbond substituents is 1. The molecule has 3 nitrogen and oxygen atoms in total. The van der Waals surface area contributed by atoms with Gasteiger partial charge >= 0.3 is 6.18 Å². The summed E-state index contributed by atoms with van der Waals surface area (Å²) in [5.41, 5.74) is 1.71. The van der Waals surface area contributed by atoms with E-state index in [-0.39, 0.29) is 5.75 Å². The topological polar surface area (TPSA) is 45.1 Å². The highest BCUT2D eigenvalue weighted by Gasteiger charge is 2.30. The Hall–Kier alpha value is -2.76. The number of pyridine rings is 1. The van der Waals surface area contributed by atoms with Crippen LogP contribution in [0.2, 0.25) is 0 Å². The standard InChI is InChI=1S/C17H13F3N2O/c1-10-2-4-12(23)9-16(10)22-15-6-7-21-14-5-3-11(8-13(14)15)17(18,19)20/h2-9,23H,1H3,(H,21,22). The molecule has 0 fully saturated rings. The minimum atomic E-state index is -4.41. The molecule has 3 aromatic rings. The second-order valence-electron chi connectivity index (χ2n) is 5.21. The van der Waals surface area contributed by atoms with Gasteiger partial charge in [0.05, 0.1) is 11.1 Å². The summed E-state index contributed by atoms with van der Waals surface area (Å²) in [7, 11) is 0. The Kier molecular flexibility index (Phi) is 3.60. The van der Waals surface area contributed by atoms with Gasteiger partial charge in [0.15, 0.2) is 0 Å². The van der Waals surface area contributed by atoms with Crippen LogP contribution in [0.15, 0.2) is 48.7 Å². The lowest BCUT2D eigenvalue weighted by molar-refractivity contribution is -0.137. The Morgan fingerprint density at radius 2 is 1.78 bits per heavy atom. The number of hydrogen-bond donors (Lipinski definition) is 2. The number of phenols is 1. The first kappa shape index (κ1) is 15.1. The fraction of sp³-hybridized carbons (Fsp3) is 0.118. The zero-order valence-corrected chi connectivity index (χ0v) is 12.1. The normalized spacial score (nSPS) is 11.7. The number of nitrogens with zero attached hydrogens (tertiary/aromatic N) is 1. The summed E-state index contributed by atoms with van der Waals surface area (Å²) in [6.07, 6.45) is -2.89. The summed E-state index contributed by atoms with van der Waals surface area (Å²) in [5, 5.41) is 13.0. The van der Waals surface area contributed by atoms with Crippen molar-refractivity contribution >= 4 is 22.3 Å². The van der Waals surface area contributed by atoms with Crippen molar-refractivity contribution < 1.29 is 18.3 Å². The molecule has 0 saturated carbocycles. The molecule has 0 spiro atoms. The molecule has 1 aromatic heterocycles. The Labute approximate surface area is 130 Å². The quantitative estimate of drug-likeness (QED) is 0.698. The number of aromatic hydroxyl groups is 1. The molecule has 0 aliphatic carbocycles. The summed E-state index contributed by atoms with van der Waals surface area (Å²) in [6.45, 7) is 1.84. The molecule has 118 valence electrons. The lowest BCUT2D eigenvalue weighted by atomic mass is 10.1. The highest BCUT2D eigenvalue weighted by atomic mass is 19.4. The molecule has 0 aliphatic rings. The van der Waals surface area contributed by atoms with E-state index >= 15 is 0 Å². The number of halogens is 3. The SMILES string of the molecule is Cc1ccc(O)cc1Nc1ccnc2ccc(C(F)(F)F)cc12. The predicted molar refractivity (Wildman–Crippen MR) is 82.9 cm³/mol. The molecule has 23 heavy (non-hydrogen) atoms. The lowest BCUT2D eigenvalue weighted by Gasteiger charge is -2.13. The van der Waals surface area contributed by atoms with Crippen LogP contribution in [0, 0.1) is 6.92 Å². The van der Waals surface area contributed by atoms with Crippen molar-refractivity contribution in [3.63, 3.8) is 0 Å². The largest absolute Gasteiger partial charge is 0.508 e. The minimum absolute atomic E-state index is 0.0763. The van der Waals surface area contributed by atoms with Crippen LogP contribution < -0.4 is 5.32 Å². The van der Waals surface area contributed by atoms with Crippen molar-refractivity contribution in [3.8, 4) is 5.75 Å². The van der Waals surface area contributed by atoms with E-state index in [0.29, 0.717) is 22.3 Å². The van der Waals surface area contributed by atoms with Crippen LogP contribution in [0.3, 0.4) is 0 Å². The van der Waals surface area contributed by atoms with Crippen molar-refractivity contribution in [2.45, 2.75) is 13.1 Å². The van der Waals surface area contributed by atoms with E-state index in [9.17, 15) is 18.3 Å². The second-order valence-corrected chi connectivity index (χ2v) is 5.21. The predicted octanol–water partition coefficient (Wildman–Crippen LogP) is 5.01. The van der Waals surface area contributed by atoms with E-state index in [1.807, 2.05) is 6.92 Å². The number of nitrogens with one attached hydrogen (secondary N) is 1. The molecule has 0 atom stereocenters. The monoisotopic (exact) mass is 318 g/mol. The number of aryl methyl sites for hydroxylation is 1. The fourth-order valence-corrected chi connectivity index (χ4v) is 2.32. The summed E-state index contributed by atoms with van der Waals surface area (Å²) in [4.78, 5) is 4.09. The fourth-order valence-electron chi connectivity index (χ4n) is 2.32. The molecule has 0 bridgehead atoms. The first-order chi connectivity index (χ1) is 10.8. The van der Waals surface area contributed by atoms with E-state index in [4.69, 9.17) is 0 Å². The Morgan fingerprint density at radius 1 is 1.00 bits per heavy atom. The third kappa shape index (κ3) is 3.06. The van der Waals surface area contributed by atoms with Crippen molar-refractivity contribution in [1.82, 2.24) is 4.98 Å². The summed E-state index contributed by atoms with van der Waals surface area (Å²) >= 11 is 0. The van der Waals surface area contributed by atoms with Crippen LogP contribution in [0.4, 0.5) is 24.5 Å². The van der Waals surface area contributed by atoms with Gasteiger partial charge in [0, 0.05) is 29.0 Å². The van der Waals surface area contributed by atoms with E-state index in [0.717, 1.165) is 17.7 Å². The Morgan fingerprint density at radius 3 is 2.52 bits per heavy atom. The molecular weight excluding hydrogens is 305 g/mol. The molecule has 0 unspecified atom stereocenters. The molecular formula is C17H13F3N2O. The third-order valence-corrected chi connectivity index (χ3v) is 3.56. The highest BCUT2D eigenvalue weighted by Crippen LogP contribution is 2.34. The number of rotatable bonds is 2. The molecule has 0 aliphatic heterocycles. The number of aromatic nitrogens is 1. The average Bonchev–Trinajstić information content (AvgIpc) is 2.50. The third-order valence-electron chi connectivity index (χ3n) is 3.56. The maximum Gasteiger partial charge on any atom is 0.416 e. The molecule has 0 radical (unpaired) electrons. The van der Waals surface area contributed by atoms with Gasteiger partial charge in [-0.15, -0.1) is 0 Å². The minimum Gasteiger partial charge on any atom is -0.508 e. The second kappa shape index (κ2) is 5.46. The average molecular weight is 318 g/mol. The molecule has 2 aromatic carbocycles. The van der Waals surface area contributed by atoms with Crippen molar-refractivity contribution in [2.24, 2.45) is 0 Å². The zero-order chi connectivity index (χ0) is 16.6. The molecule has 0 amide bonds. The molecule has 6 heteroatoms. The summed E-state index contributed by atoms with van der Waals surface area (Å²) in [5.74, 6) is 0.0763. The van der Waals surface area contributed by atoms with Crippen LogP contribution in [-0.4, -0.2) is 10.1 Å². The number of fused-ring (bicyclic) bond motifs is 1. The highest BCUT2D eigenvalue weighted by molar-refractivity contribution is 5.93. The molecule has 3 rings (SSSR count). The molecule has 2 N–H and O–H groups in total. The molecule has 1 heterocycles. The summed E-state index contributed by atoms with van der Waals surface area (Å²) < 4.78 is 38.8. The first-order valence-corrected chi connectivity index (χ1v) is 6.87. The van der Waals surface area contributed by atoms with Gasteiger partial charge in [-0.25, -0.2) is 0 Å². The van der Waals surface area contributed by atoms with Crippen LogP contribution in [0.5, 0.6) is 5.75 Å². The summed E-state index contributed by atoms with van der Waals surface area (Å²) in [6, 6.07) is 9.83. The lowest BCUT2D eigenvalue weighted by Crippen LogP contribution is -2.05. The molecule has 0 saturated heterocycles. The van der Waals surface area contributed by atoms with Crippen molar-refractivity contribution in [2.75, 3.05) is 5.32 Å². The van der Waals surface area contributed by atoms with Crippen LogP contribution in [0.25, 0.3) is 10.9 Å². The van der Waals surface area contributed by atoms with Gasteiger partial charge in [-0.2, -0.15) is 13.2 Å². The van der Waals surface area contributed by atoms with Gasteiger partial charge < -0.3 is 10.4 Å². The van der Waals surface area contributed by atoms with E-state index in [1.54, 1.807) is 18.2 Å². The van der Waals surface area contributed by atoms with Crippen LogP contribution in [-0.2, 0) is 6.18 Å². The number of anilines is 2.